The number of likely N-dealkylation sites (N-methyl/N-ethyl adjacent to an activating group) is 1. The minimum absolute atomic E-state index is 0.0383. The van der Waals surface area contributed by atoms with Gasteiger partial charge in [0.15, 0.2) is 10.9 Å². The Bertz CT molecular complexity index is 1320. The Balaban J connectivity index is 1.55. The third-order valence-corrected chi connectivity index (χ3v) is 7.50. The van der Waals surface area contributed by atoms with Crippen LogP contribution in [-0.2, 0) is 20.8 Å². The molecular formula is C24H29BN6O8S. The molecular weight excluding hydrogens is 543 g/mol. The van der Waals surface area contributed by atoms with E-state index >= 15 is 0 Å². The van der Waals surface area contributed by atoms with Crippen molar-refractivity contribution in [3.05, 3.63) is 40.4 Å². The maximum atomic E-state index is 13.6. The molecule has 4 amide bonds. The maximum absolute atomic E-state index is 13.6. The molecule has 1 fully saturated rings. The first kappa shape index (κ1) is 29.0. The van der Waals surface area contributed by atoms with Gasteiger partial charge >= 0.3 is 30.9 Å². The minimum atomic E-state index is -1.48. The molecule has 0 aliphatic carbocycles. The molecule has 6 N–H and O–H groups in total. The highest BCUT2D eigenvalue weighted by molar-refractivity contribution is 7.13. The summed E-state index contributed by atoms with van der Waals surface area (Å²) in [6, 6.07) is 2.33. The van der Waals surface area contributed by atoms with Gasteiger partial charge in [-0.25, -0.2) is 14.6 Å². The number of carboxylic acid groups (broad SMARTS) is 1. The first-order chi connectivity index (χ1) is 19.1. The summed E-state index contributed by atoms with van der Waals surface area (Å²) in [6.07, 6.45) is -0.112. The van der Waals surface area contributed by atoms with Crippen LogP contribution in [0.25, 0.3) is 0 Å². The summed E-state index contributed by atoms with van der Waals surface area (Å²) < 4.78 is 5.50. The monoisotopic (exact) mass is 572 g/mol. The number of imide groups is 1. The molecule has 14 nitrogen and oxygen atoms in total. The molecule has 2 aliphatic heterocycles. The topological polar surface area (TPSA) is 204 Å². The molecule has 1 aromatic carbocycles. The first-order valence-corrected chi connectivity index (χ1v) is 13.6. The standard InChI is InChI=1S/C24H29BN6O8S/c1-2-30-8-9-31(21(34)20(30)33)24(37)29-18(16-12-40-23(28-16)27-7-6-26)17(32)11-14-10-13-4-3-5-15(22(35)36)19(13)39-25(14)38/h3-5,12,14,18,38H,2,6-11,26H2,1H3,(H,27,28)(H,29,37)(H,35,36)/t14-,18?/m1/s1. The second-order valence-corrected chi connectivity index (χ2v) is 10.1. The summed E-state index contributed by atoms with van der Waals surface area (Å²) in [7, 11) is -1.48. The van der Waals surface area contributed by atoms with Gasteiger partial charge in [0.1, 0.15) is 11.8 Å². The number of hydrogen-bond donors (Lipinski definition) is 5. The predicted octanol–water partition coefficient (Wildman–Crippen LogP) is 0.0983. The van der Waals surface area contributed by atoms with Crippen LogP contribution in [0.5, 0.6) is 5.75 Å². The summed E-state index contributed by atoms with van der Waals surface area (Å²) in [5.41, 5.74) is 6.14. The molecule has 2 aliphatic rings. The zero-order chi connectivity index (χ0) is 29.0. The van der Waals surface area contributed by atoms with E-state index in [1.165, 1.54) is 22.3 Å². The lowest BCUT2D eigenvalue weighted by Gasteiger charge is -2.33. The lowest BCUT2D eigenvalue weighted by Crippen LogP contribution is -2.58. The molecule has 2 atom stereocenters. The van der Waals surface area contributed by atoms with E-state index in [1.807, 2.05) is 0 Å². The number of para-hydroxylation sites is 1. The van der Waals surface area contributed by atoms with Crippen molar-refractivity contribution >= 4 is 53.2 Å². The molecule has 1 saturated heterocycles. The third kappa shape index (κ3) is 6.08. The number of aromatic nitrogens is 1. The van der Waals surface area contributed by atoms with Gasteiger partial charge < -0.3 is 36.1 Å². The van der Waals surface area contributed by atoms with Crippen LogP contribution < -0.4 is 21.0 Å². The van der Waals surface area contributed by atoms with E-state index in [2.05, 4.69) is 15.6 Å². The fourth-order valence-electron chi connectivity index (χ4n) is 4.57. The zero-order valence-corrected chi connectivity index (χ0v) is 22.5. The number of carbonyl (C=O) groups excluding carboxylic acids is 4. The highest BCUT2D eigenvalue weighted by Crippen LogP contribution is 2.37. The second-order valence-electron chi connectivity index (χ2n) is 9.26. The molecule has 16 heteroatoms. The highest BCUT2D eigenvalue weighted by atomic mass is 32.1. The summed E-state index contributed by atoms with van der Waals surface area (Å²) in [6.45, 7) is 2.95. The normalized spacial score (nSPS) is 17.7. The largest absolute Gasteiger partial charge is 0.535 e. The number of nitrogens with zero attached hydrogens (tertiary/aromatic N) is 3. The van der Waals surface area contributed by atoms with Gasteiger partial charge in [0, 0.05) is 50.3 Å². The number of nitrogens with one attached hydrogen (secondary N) is 2. The number of Topliss-reactive ketones (excluding diaryl/α,β-unsaturated/α-hetero) is 1. The molecule has 2 aromatic rings. The van der Waals surface area contributed by atoms with E-state index in [1.54, 1.807) is 24.4 Å². The molecule has 0 bridgehead atoms. The molecule has 0 saturated carbocycles. The number of carboxylic acids is 1. The molecule has 0 spiro atoms. The SMILES string of the molecule is CCN1CCN(C(=O)NC(C(=O)C[C@H]2Cc3cccc(C(=O)O)c3OB2O)c2csc(NCCN)n2)C(=O)C1=O. The Morgan fingerprint density at radius 1 is 1.27 bits per heavy atom. The number of ketones is 1. The van der Waals surface area contributed by atoms with Crippen LogP contribution in [0.15, 0.2) is 23.6 Å². The van der Waals surface area contributed by atoms with E-state index in [4.69, 9.17) is 10.4 Å². The van der Waals surface area contributed by atoms with Crippen molar-refractivity contribution in [2.45, 2.75) is 31.6 Å². The van der Waals surface area contributed by atoms with Gasteiger partial charge in [-0.2, -0.15) is 0 Å². The number of benzene rings is 1. The van der Waals surface area contributed by atoms with Gasteiger partial charge in [-0.15, -0.1) is 11.3 Å². The maximum Gasteiger partial charge on any atom is 0.526 e. The summed E-state index contributed by atoms with van der Waals surface area (Å²) >= 11 is 1.19. The van der Waals surface area contributed by atoms with E-state index in [0.717, 1.165) is 4.90 Å². The Labute approximate surface area is 233 Å². The lowest BCUT2D eigenvalue weighted by molar-refractivity contribution is -0.153. The summed E-state index contributed by atoms with van der Waals surface area (Å²) in [5, 5.41) is 27.6. The Morgan fingerprint density at radius 2 is 2.05 bits per heavy atom. The van der Waals surface area contributed by atoms with E-state index in [-0.39, 0.29) is 42.9 Å². The minimum Gasteiger partial charge on any atom is -0.535 e. The predicted molar refractivity (Wildman–Crippen MR) is 144 cm³/mol. The number of nitrogens with two attached hydrogens (primary N) is 1. The van der Waals surface area contributed by atoms with Crippen LogP contribution in [0.1, 0.15) is 41.0 Å². The molecule has 1 unspecified atom stereocenters. The van der Waals surface area contributed by atoms with E-state index in [9.17, 15) is 34.1 Å². The van der Waals surface area contributed by atoms with Crippen LogP contribution in [-0.4, -0.2) is 94.4 Å². The van der Waals surface area contributed by atoms with Gasteiger partial charge in [-0.1, -0.05) is 12.1 Å². The molecule has 4 rings (SSSR count). The van der Waals surface area contributed by atoms with Crippen molar-refractivity contribution in [2.75, 3.05) is 38.0 Å². The van der Waals surface area contributed by atoms with Gasteiger partial charge in [-0.05, 0) is 25.0 Å². The molecule has 40 heavy (non-hydrogen) atoms. The van der Waals surface area contributed by atoms with Crippen LogP contribution in [0.2, 0.25) is 5.82 Å². The van der Waals surface area contributed by atoms with Crippen molar-refractivity contribution in [3.63, 3.8) is 0 Å². The second kappa shape index (κ2) is 12.4. The van der Waals surface area contributed by atoms with Crippen LogP contribution in [0, 0.1) is 0 Å². The lowest BCUT2D eigenvalue weighted by atomic mass is 9.64. The number of urea groups is 1. The summed E-state index contributed by atoms with van der Waals surface area (Å²) in [5.74, 6) is -4.26. The van der Waals surface area contributed by atoms with E-state index in [0.29, 0.717) is 30.3 Å². The number of piperazine rings is 1. The van der Waals surface area contributed by atoms with Crippen molar-refractivity contribution < 1.29 is 38.8 Å². The number of rotatable bonds is 10. The molecule has 212 valence electrons. The van der Waals surface area contributed by atoms with Crippen LogP contribution in [0.4, 0.5) is 9.93 Å². The van der Waals surface area contributed by atoms with Crippen LogP contribution >= 0.6 is 11.3 Å². The number of carbonyl (C=O) groups is 5. The quantitative estimate of drug-likeness (QED) is 0.191. The number of thiazole rings is 1. The van der Waals surface area contributed by atoms with Gasteiger partial charge in [-0.3, -0.25) is 19.3 Å². The average Bonchev–Trinajstić information content (AvgIpc) is 3.40. The number of amides is 4. The first-order valence-electron chi connectivity index (χ1n) is 12.7. The zero-order valence-electron chi connectivity index (χ0n) is 21.7. The van der Waals surface area contributed by atoms with Crippen LogP contribution in [0.3, 0.4) is 0 Å². The molecule has 3 heterocycles. The molecule has 0 radical (unpaired) electrons. The smallest absolute Gasteiger partial charge is 0.526 e. The number of fused-ring (bicyclic) bond motifs is 1. The van der Waals surface area contributed by atoms with Crippen molar-refractivity contribution in [2.24, 2.45) is 5.73 Å². The summed E-state index contributed by atoms with van der Waals surface area (Å²) in [4.78, 5) is 69.6. The van der Waals surface area contributed by atoms with Crippen molar-refractivity contribution in [1.29, 1.82) is 0 Å². The Kier molecular flexibility index (Phi) is 9.01. The van der Waals surface area contributed by atoms with Gasteiger partial charge in [0.2, 0.25) is 0 Å². The van der Waals surface area contributed by atoms with Crippen molar-refractivity contribution in [1.82, 2.24) is 20.1 Å². The molecule has 1 aromatic heterocycles. The van der Waals surface area contributed by atoms with Crippen molar-refractivity contribution in [3.8, 4) is 5.75 Å². The third-order valence-electron chi connectivity index (χ3n) is 6.68. The fourth-order valence-corrected chi connectivity index (χ4v) is 5.34. The van der Waals surface area contributed by atoms with Gasteiger partial charge in [0.05, 0.1) is 11.3 Å². The Hall–Kier alpha value is -4.02. The number of hydrogen-bond acceptors (Lipinski definition) is 11. The number of aromatic carboxylic acids is 1. The highest BCUT2D eigenvalue weighted by Gasteiger charge is 2.41. The number of anilines is 1. The Morgan fingerprint density at radius 3 is 2.75 bits per heavy atom. The van der Waals surface area contributed by atoms with E-state index < -0.39 is 48.6 Å². The van der Waals surface area contributed by atoms with Gasteiger partial charge in [0.25, 0.3) is 0 Å². The fraction of sp³-hybridized carbons (Fsp3) is 0.417. The average molecular weight is 572 g/mol.